The van der Waals surface area contributed by atoms with Gasteiger partial charge in [-0.3, -0.25) is 0 Å². The van der Waals surface area contributed by atoms with Crippen LogP contribution < -0.4 is 5.32 Å². The highest BCUT2D eigenvalue weighted by atomic mass is 19.1. The maximum atomic E-state index is 13.2. The second-order valence-electron chi connectivity index (χ2n) is 5.24. The van der Waals surface area contributed by atoms with Crippen molar-refractivity contribution in [2.24, 2.45) is 11.8 Å². The van der Waals surface area contributed by atoms with Gasteiger partial charge in [-0.15, -0.1) is 0 Å². The summed E-state index contributed by atoms with van der Waals surface area (Å²) in [4.78, 5) is 0. The zero-order chi connectivity index (χ0) is 12.7. The molecule has 0 spiro atoms. The van der Waals surface area contributed by atoms with Gasteiger partial charge in [0.1, 0.15) is 17.2 Å². The van der Waals surface area contributed by atoms with E-state index in [0.717, 1.165) is 29.2 Å². The van der Waals surface area contributed by atoms with Crippen LogP contribution in [0.2, 0.25) is 0 Å². The molecule has 1 aromatic heterocycles. The fourth-order valence-corrected chi connectivity index (χ4v) is 2.69. The van der Waals surface area contributed by atoms with E-state index in [1.165, 1.54) is 18.6 Å². The van der Waals surface area contributed by atoms with Crippen LogP contribution in [0.25, 0.3) is 11.0 Å². The van der Waals surface area contributed by atoms with Gasteiger partial charge < -0.3 is 9.73 Å². The molecule has 1 saturated carbocycles. The molecule has 0 amide bonds. The summed E-state index contributed by atoms with van der Waals surface area (Å²) in [7, 11) is 0. The Labute approximate surface area is 106 Å². The molecule has 3 atom stereocenters. The van der Waals surface area contributed by atoms with E-state index in [2.05, 4.69) is 19.2 Å². The van der Waals surface area contributed by atoms with Crippen molar-refractivity contribution < 1.29 is 8.81 Å². The second-order valence-corrected chi connectivity index (χ2v) is 5.24. The molecule has 0 saturated heterocycles. The number of hydrogen-bond donors (Lipinski definition) is 1. The van der Waals surface area contributed by atoms with Crippen molar-refractivity contribution in [1.82, 2.24) is 5.32 Å². The van der Waals surface area contributed by atoms with Gasteiger partial charge in [-0.2, -0.15) is 0 Å². The van der Waals surface area contributed by atoms with Crippen LogP contribution in [-0.4, -0.2) is 6.54 Å². The predicted molar refractivity (Wildman–Crippen MR) is 69.9 cm³/mol. The molecule has 2 aromatic rings. The molecular weight excluding hydrogens is 229 g/mol. The maximum absolute atomic E-state index is 13.2. The summed E-state index contributed by atoms with van der Waals surface area (Å²) < 4.78 is 19.0. The zero-order valence-electron chi connectivity index (χ0n) is 10.7. The molecule has 96 valence electrons. The lowest BCUT2D eigenvalue weighted by Crippen LogP contribution is -2.22. The lowest BCUT2D eigenvalue weighted by atomic mass is 10.1. The number of benzene rings is 1. The van der Waals surface area contributed by atoms with Gasteiger partial charge in [-0.05, 0) is 49.1 Å². The van der Waals surface area contributed by atoms with Gasteiger partial charge in [0.15, 0.2) is 0 Å². The number of fused-ring (bicyclic) bond motifs is 1. The Morgan fingerprint density at radius 1 is 1.44 bits per heavy atom. The van der Waals surface area contributed by atoms with E-state index in [9.17, 15) is 4.39 Å². The standard InChI is InChI=1S/C15H18FNO/c1-3-17-15(12-6-9(12)2)14-8-10-7-11(16)4-5-13(10)18-14/h4-5,7-9,12,15,17H,3,6H2,1-2H3. The monoisotopic (exact) mass is 247 g/mol. The number of furan rings is 1. The van der Waals surface area contributed by atoms with Crippen molar-refractivity contribution in [3.63, 3.8) is 0 Å². The highest BCUT2D eigenvalue weighted by Crippen LogP contribution is 2.47. The van der Waals surface area contributed by atoms with Crippen LogP contribution in [0.4, 0.5) is 4.39 Å². The summed E-state index contributed by atoms with van der Waals surface area (Å²) >= 11 is 0. The maximum Gasteiger partial charge on any atom is 0.134 e. The van der Waals surface area contributed by atoms with Gasteiger partial charge in [-0.1, -0.05) is 13.8 Å². The van der Waals surface area contributed by atoms with Crippen LogP contribution in [0.1, 0.15) is 32.1 Å². The molecule has 0 aliphatic heterocycles. The van der Waals surface area contributed by atoms with Crippen LogP contribution in [0.3, 0.4) is 0 Å². The lowest BCUT2D eigenvalue weighted by Gasteiger charge is -2.14. The zero-order valence-corrected chi connectivity index (χ0v) is 10.7. The Bertz CT molecular complexity index is 563. The summed E-state index contributed by atoms with van der Waals surface area (Å²) in [6.07, 6.45) is 1.24. The number of hydrogen-bond acceptors (Lipinski definition) is 2. The smallest absolute Gasteiger partial charge is 0.134 e. The van der Waals surface area contributed by atoms with E-state index >= 15 is 0 Å². The Hall–Kier alpha value is -1.35. The van der Waals surface area contributed by atoms with E-state index in [-0.39, 0.29) is 11.9 Å². The van der Waals surface area contributed by atoms with Gasteiger partial charge in [0.05, 0.1) is 6.04 Å². The Balaban J connectivity index is 1.96. The molecule has 1 aliphatic carbocycles. The van der Waals surface area contributed by atoms with Gasteiger partial charge >= 0.3 is 0 Å². The average Bonchev–Trinajstić information content (AvgIpc) is 2.90. The van der Waals surface area contributed by atoms with Crippen LogP contribution in [-0.2, 0) is 0 Å². The first-order chi connectivity index (χ1) is 8.69. The molecule has 1 fully saturated rings. The normalized spacial score (nSPS) is 24.4. The van der Waals surface area contributed by atoms with Gasteiger partial charge in [0, 0.05) is 5.39 Å². The number of nitrogens with one attached hydrogen (secondary N) is 1. The predicted octanol–water partition coefficient (Wildman–Crippen LogP) is 3.88. The molecular formula is C15H18FNO. The first-order valence-corrected chi connectivity index (χ1v) is 6.61. The van der Waals surface area contributed by atoms with Gasteiger partial charge in [0.2, 0.25) is 0 Å². The largest absolute Gasteiger partial charge is 0.459 e. The van der Waals surface area contributed by atoms with Crippen LogP contribution >= 0.6 is 0 Å². The van der Waals surface area contributed by atoms with Crippen LogP contribution in [0.15, 0.2) is 28.7 Å². The van der Waals surface area contributed by atoms with Crippen molar-refractivity contribution in [2.45, 2.75) is 26.3 Å². The molecule has 0 radical (unpaired) electrons. The average molecular weight is 247 g/mol. The SMILES string of the molecule is CCNC(c1cc2cc(F)ccc2o1)C1CC1C. The molecule has 18 heavy (non-hydrogen) atoms. The van der Waals surface area contributed by atoms with Gasteiger partial charge in [-0.25, -0.2) is 4.39 Å². The first-order valence-electron chi connectivity index (χ1n) is 6.61. The molecule has 1 heterocycles. The van der Waals surface area contributed by atoms with Crippen molar-refractivity contribution in [2.75, 3.05) is 6.54 Å². The van der Waals surface area contributed by atoms with Crippen molar-refractivity contribution in [1.29, 1.82) is 0 Å². The second kappa shape index (κ2) is 4.39. The van der Waals surface area contributed by atoms with E-state index in [0.29, 0.717) is 5.92 Å². The molecule has 1 aromatic carbocycles. The van der Waals surface area contributed by atoms with E-state index in [1.807, 2.05) is 6.07 Å². The third kappa shape index (κ3) is 2.03. The van der Waals surface area contributed by atoms with E-state index < -0.39 is 0 Å². The molecule has 2 nitrogen and oxygen atoms in total. The summed E-state index contributed by atoms with van der Waals surface area (Å²) in [6, 6.07) is 6.91. The minimum atomic E-state index is -0.213. The summed E-state index contributed by atoms with van der Waals surface area (Å²) in [5.74, 6) is 2.12. The van der Waals surface area contributed by atoms with Gasteiger partial charge in [0.25, 0.3) is 0 Å². The molecule has 3 unspecified atom stereocenters. The number of rotatable bonds is 4. The highest BCUT2D eigenvalue weighted by Gasteiger charge is 2.41. The Morgan fingerprint density at radius 2 is 2.22 bits per heavy atom. The van der Waals surface area contributed by atoms with E-state index in [1.54, 1.807) is 6.07 Å². The first kappa shape index (κ1) is 11.7. The topological polar surface area (TPSA) is 25.2 Å². The summed E-state index contributed by atoms with van der Waals surface area (Å²) in [6.45, 7) is 5.28. The summed E-state index contributed by atoms with van der Waals surface area (Å²) in [5.41, 5.74) is 0.766. The minimum Gasteiger partial charge on any atom is -0.459 e. The Kier molecular flexibility index (Phi) is 2.86. The van der Waals surface area contributed by atoms with Crippen molar-refractivity contribution >= 4 is 11.0 Å². The Morgan fingerprint density at radius 3 is 2.89 bits per heavy atom. The van der Waals surface area contributed by atoms with Crippen molar-refractivity contribution in [3.8, 4) is 0 Å². The fraction of sp³-hybridized carbons (Fsp3) is 0.467. The number of halogens is 1. The molecule has 1 N–H and O–H groups in total. The van der Waals surface area contributed by atoms with E-state index in [4.69, 9.17) is 4.42 Å². The van der Waals surface area contributed by atoms with Crippen LogP contribution in [0, 0.1) is 17.7 Å². The molecule has 0 bridgehead atoms. The lowest BCUT2D eigenvalue weighted by molar-refractivity contribution is 0.392. The van der Waals surface area contributed by atoms with Crippen LogP contribution in [0.5, 0.6) is 0 Å². The fourth-order valence-electron chi connectivity index (χ4n) is 2.69. The highest BCUT2D eigenvalue weighted by molar-refractivity contribution is 5.78. The molecule has 3 rings (SSSR count). The summed E-state index contributed by atoms with van der Waals surface area (Å²) in [5, 5.41) is 4.33. The quantitative estimate of drug-likeness (QED) is 0.887. The van der Waals surface area contributed by atoms with Crippen molar-refractivity contribution in [3.05, 3.63) is 35.8 Å². The molecule has 3 heteroatoms. The third-order valence-corrected chi connectivity index (χ3v) is 3.83. The third-order valence-electron chi connectivity index (χ3n) is 3.83. The molecule has 1 aliphatic rings. The minimum absolute atomic E-state index is 0.213.